The van der Waals surface area contributed by atoms with Crippen molar-refractivity contribution in [3.8, 4) is 0 Å². The first kappa shape index (κ1) is 18.6. The maximum absolute atomic E-state index is 12.7. The fourth-order valence-corrected chi connectivity index (χ4v) is 2.41. The number of nitrogens with one attached hydrogen (secondary N) is 2. The topological polar surface area (TPSA) is 44.4 Å². The van der Waals surface area contributed by atoms with Crippen LogP contribution in [-0.4, -0.2) is 19.1 Å². The lowest BCUT2D eigenvalue weighted by Crippen LogP contribution is -2.22. The van der Waals surface area contributed by atoms with Gasteiger partial charge in [-0.3, -0.25) is 0 Å². The lowest BCUT2D eigenvalue weighted by molar-refractivity contribution is -0.137. The molecule has 0 saturated carbocycles. The normalized spacial score (nSPS) is 11.1. The number of hydrogen-bond donors (Lipinski definition) is 2. The van der Waals surface area contributed by atoms with Crippen LogP contribution in [0.3, 0.4) is 0 Å². The zero-order valence-electron chi connectivity index (χ0n) is 14.0. The van der Waals surface area contributed by atoms with Crippen LogP contribution in [0, 0.1) is 0 Å². The molecule has 2 rings (SSSR count). The Bertz CT molecular complexity index is 710. The quantitative estimate of drug-likeness (QED) is 0.778. The second-order valence-electron chi connectivity index (χ2n) is 5.38. The number of anilines is 3. The summed E-state index contributed by atoms with van der Waals surface area (Å²) in [5, 5.41) is 5.00. The highest BCUT2D eigenvalue weighted by Gasteiger charge is 2.30. The fraction of sp³-hybridized carbons (Fsp3) is 0.278. The highest BCUT2D eigenvalue weighted by molar-refractivity contribution is 5.99. The zero-order valence-corrected chi connectivity index (χ0v) is 14.0. The molecule has 134 valence electrons. The average Bonchev–Trinajstić information content (AvgIpc) is 2.57. The van der Waals surface area contributed by atoms with Crippen LogP contribution in [0.2, 0.25) is 0 Å². The minimum atomic E-state index is -4.45. The summed E-state index contributed by atoms with van der Waals surface area (Å²) in [5.41, 5.74) is 0.857. The Balaban J connectivity index is 2.01. The molecule has 2 aromatic rings. The highest BCUT2D eigenvalue weighted by atomic mass is 19.4. The van der Waals surface area contributed by atoms with E-state index in [0.717, 1.165) is 30.9 Å². The number of carbonyl (C=O) groups excluding carboxylic acids is 1. The maximum atomic E-state index is 12.7. The van der Waals surface area contributed by atoms with Gasteiger partial charge in [0.15, 0.2) is 0 Å². The van der Waals surface area contributed by atoms with Crippen LogP contribution in [0.1, 0.15) is 19.4 Å². The van der Waals surface area contributed by atoms with E-state index in [4.69, 9.17) is 0 Å². The second-order valence-corrected chi connectivity index (χ2v) is 5.38. The molecule has 2 amide bonds. The Morgan fingerprint density at radius 2 is 1.56 bits per heavy atom. The maximum Gasteiger partial charge on any atom is 0.416 e. The van der Waals surface area contributed by atoms with Gasteiger partial charge in [0.2, 0.25) is 0 Å². The molecule has 0 aromatic heterocycles. The molecular weight excluding hydrogens is 331 g/mol. The molecule has 2 aromatic carbocycles. The van der Waals surface area contributed by atoms with Crippen molar-refractivity contribution in [3.05, 3.63) is 54.1 Å². The van der Waals surface area contributed by atoms with Gasteiger partial charge in [-0.15, -0.1) is 0 Å². The van der Waals surface area contributed by atoms with Gasteiger partial charge >= 0.3 is 12.2 Å². The van der Waals surface area contributed by atoms with E-state index in [1.165, 1.54) is 12.1 Å². The predicted molar refractivity (Wildman–Crippen MR) is 94.1 cm³/mol. The van der Waals surface area contributed by atoms with Crippen molar-refractivity contribution in [2.24, 2.45) is 0 Å². The van der Waals surface area contributed by atoms with Gasteiger partial charge in [0.1, 0.15) is 0 Å². The Labute approximate surface area is 144 Å². The SMILES string of the molecule is CCN(CC)c1ccc(NC(=O)Nc2cccc(C(F)(F)F)c2)cc1. The number of halogens is 3. The van der Waals surface area contributed by atoms with Crippen molar-refractivity contribution in [3.63, 3.8) is 0 Å². The minimum absolute atomic E-state index is 0.0760. The number of rotatable bonds is 5. The molecule has 0 aliphatic rings. The zero-order chi connectivity index (χ0) is 18.4. The third-order valence-electron chi connectivity index (χ3n) is 3.70. The average molecular weight is 351 g/mol. The molecule has 25 heavy (non-hydrogen) atoms. The Kier molecular flexibility index (Phi) is 5.90. The molecule has 0 aliphatic heterocycles. The van der Waals surface area contributed by atoms with Crippen LogP contribution in [0.25, 0.3) is 0 Å². The van der Waals surface area contributed by atoms with Crippen LogP contribution in [0.15, 0.2) is 48.5 Å². The molecular formula is C18H20F3N3O. The Morgan fingerprint density at radius 1 is 0.960 bits per heavy atom. The summed E-state index contributed by atoms with van der Waals surface area (Å²) in [6, 6.07) is 11.2. The molecule has 0 aliphatic carbocycles. The first-order chi connectivity index (χ1) is 11.8. The van der Waals surface area contributed by atoms with Crippen LogP contribution in [0.5, 0.6) is 0 Å². The molecule has 0 bridgehead atoms. The molecule has 2 N–H and O–H groups in total. The van der Waals surface area contributed by atoms with Crippen LogP contribution in [0.4, 0.5) is 35.0 Å². The van der Waals surface area contributed by atoms with Crippen LogP contribution < -0.4 is 15.5 Å². The van der Waals surface area contributed by atoms with Gasteiger partial charge in [-0.05, 0) is 56.3 Å². The number of benzene rings is 2. The van der Waals surface area contributed by atoms with Crippen LogP contribution >= 0.6 is 0 Å². The lowest BCUT2D eigenvalue weighted by atomic mass is 10.2. The molecule has 0 spiro atoms. The molecule has 0 heterocycles. The molecule has 0 unspecified atom stereocenters. The predicted octanol–water partition coefficient (Wildman–Crippen LogP) is 5.20. The van der Waals surface area contributed by atoms with Crippen molar-refractivity contribution >= 4 is 23.1 Å². The smallest absolute Gasteiger partial charge is 0.372 e. The number of hydrogen-bond acceptors (Lipinski definition) is 2. The van der Waals surface area contributed by atoms with Crippen molar-refractivity contribution in [1.82, 2.24) is 0 Å². The van der Waals surface area contributed by atoms with Crippen molar-refractivity contribution in [2.45, 2.75) is 20.0 Å². The van der Waals surface area contributed by atoms with Gasteiger partial charge in [0, 0.05) is 30.2 Å². The number of nitrogens with zero attached hydrogens (tertiary/aromatic N) is 1. The Morgan fingerprint density at radius 3 is 2.12 bits per heavy atom. The summed E-state index contributed by atoms with van der Waals surface area (Å²) < 4.78 is 38.0. The van der Waals surface area contributed by atoms with E-state index in [9.17, 15) is 18.0 Å². The summed E-state index contributed by atoms with van der Waals surface area (Å²) in [4.78, 5) is 14.1. The molecule has 0 saturated heterocycles. The molecule has 0 atom stereocenters. The van der Waals surface area contributed by atoms with E-state index < -0.39 is 17.8 Å². The largest absolute Gasteiger partial charge is 0.416 e. The number of urea groups is 1. The van der Waals surface area contributed by atoms with Gasteiger partial charge < -0.3 is 15.5 Å². The minimum Gasteiger partial charge on any atom is -0.372 e. The van der Waals surface area contributed by atoms with E-state index >= 15 is 0 Å². The van der Waals surface area contributed by atoms with E-state index in [0.29, 0.717) is 5.69 Å². The summed E-state index contributed by atoms with van der Waals surface area (Å²) in [5.74, 6) is 0. The molecule has 4 nitrogen and oxygen atoms in total. The van der Waals surface area contributed by atoms with Gasteiger partial charge in [-0.2, -0.15) is 13.2 Å². The van der Waals surface area contributed by atoms with Gasteiger partial charge in [0.05, 0.1) is 5.56 Å². The van der Waals surface area contributed by atoms with Gasteiger partial charge in [-0.1, -0.05) is 6.07 Å². The monoisotopic (exact) mass is 351 g/mol. The van der Waals surface area contributed by atoms with E-state index in [2.05, 4.69) is 29.4 Å². The summed E-state index contributed by atoms with van der Waals surface area (Å²) in [6.07, 6.45) is -4.45. The molecule has 0 fully saturated rings. The molecule has 7 heteroatoms. The fourth-order valence-electron chi connectivity index (χ4n) is 2.41. The lowest BCUT2D eigenvalue weighted by Gasteiger charge is -2.21. The van der Waals surface area contributed by atoms with Crippen LogP contribution in [-0.2, 0) is 6.18 Å². The number of amides is 2. The first-order valence-corrected chi connectivity index (χ1v) is 7.93. The van der Waals surface area contributed by atoms with E-state index in [1.807, 2.05) is 12.1 Å². The Hall–Kier alpha value is -2.70. The summed E-state index contributed by atoms with van der Waals surface area (Å²) >= 11 is 0. The summed E-state index contributed by atoms with van der Waals surface area (Å²) in [7, 11) is 0. The van der Waals surface area contributed by atoms with Gasteiger partial charge in [0.25, 0.3) is 0 Å². The third kappa shape index (κ3) is 5.14. The van der Waals surface area contributed by atoms with E-state index in [-0.39, 0.29) is 5.69 Å². The highest BCUT2D eigenvalue weighted by Crippen LogP contribution is 2.30. The van der Waals surface area contributed by atoms with Crippen molar-refractivity contribution in [1.29, 1.82) is 0 Å². The second kappa shape index (κ2) is 7.92. The van der Waals surface area contributed by atoms with E-state index in [1.54, 1.807) is 12.1 Å². The standard InChI is InChI=1S/C18H20F3N3O/c1-3-24(4-2)16-10-8-14(9-11-16)22-17(25)23-15-7-5-6-13(12-15)18(19,20)21/h5-12H,3-4H2,1-2H3,(H2,22,23,25). The summed E-state index contributed by atoms with van der Waals surface area (Å²) in [6.45, 7) is 5.86. The molecule has 0 radical (unpaired) electrons. The van der Waals surface area contributed by atoms with Gasteiger partial charge in [-0.25, -0.2) is 4.79 Å². The number of carbonyl (C=O) groups is 1. The first-order valence-electron chi connectivity index (χ1n) is 7.93. The van der Waals surface area contributed by atoms with Crippen molar-refractivity contribution < 1.29 is 18.0 Å². The number of alkyl halides is 3. The van der Waals surface area contributed by atoms with Crippen molar-refractivity contribution in [2.75, 3.05) is 28.6 Å². The third-order valence-corrected chi connectivity index (χ3v) is 3.70.